The number of pyridine rings is 1. The number of rotatable bonds is 8. The maximum absolute atomic E-state index is 12.6. The van der Waals surface area contributed by atoms with E-state index in [1.54, 1.807) is 39.3 Å². The zero-order valence-electron chi connectivity index (χ0n) is 22.6. The molecular formula is C28H38N4O5. The molecule has 0 radical (unpaired) electrons. The minimum Gasteiger partial charge on any atom is -0.459 e. The summed E-state index contributed by atoms with van der Waals surface area (Å²) in [6.07, 6.45) is 1.92. The summed E-state index contributed by atoms with van der Waals surface area (Å²) in [5, 5.41) is 13.3. The van der Waals surface area contributed by atoms with Crippen LogP contribution in [0.4, 0.5) is 0 Å². The van der Waals surface area contributed by atoms with E-state index in [1.807, 2.05) is 37.4 Å². The first-order valence-electron chi connectivity index (χ1n) is 12.8. The van der Waals surface area contributed by atoms with Gasteiger partial charge < -0.3 is 23.7 Å². The van der Waals surface area contributed by atoms with Crippen LogP contribution in [-0.4, -0.2) is 56.2 Å². The van der Waals surface area contributed by atoms with Gasteiger partial charge in [0.05, 0.1) is 23.7 Å². The molecule has 0 amide bonds. The van der Waals surface area contributed by atoms with Crippen LogP contribution in [0.1, 0.15) is 45.2 Å². The van der Waals surface area contributed by atoms with Crippen LogP contribution in [0.2, 0.25) is 0 Å². The molecule has 1 aliphatic heterocycles. The van der Waals surface area contributed by atoms with Crippen molar-refractivity contribution in [3.63, 3.8) is 0 Å². The van der Waals surface area contributed by atoms with Crippen LogP contribution in [0, 0.1) is 12.8 Å². The maximum atomic E-state index is 12.6. The Bertz CT molecular complexity index is 1300. The molecule has 2 aromatic heterocycles. The van der Waals surface area contributed by atoms with Crippen molar-refractivity contribution in [1.29, 1.82) is 0 Å². The first-order valence-corrected chi connectivity index (χ1v) is 12.8. The van der Waals surface area contributed by atoms with Gasteiger partial charge in [-0.1, -0.05) is 6.07 Å². The van der Waals surface area contributed by atoms with Crippen LogP contribution < -0.4 is 10.9 Å². The van der Waals surface area contributed by atoms with Gasteiger partial charge in [-0.05, 0) is 64.8 Å². The average Bonchev–Trinajstić information content (AvgIpc) is 3.44. The van der Waals surface area contributed by atoms with Crippen molar-refractivity contribution >= 4 is 17.0 Å². The standard InChI is InChI=1S/C28H38N4O5/c1-17-11-21(15-31(6)26(17)34)25-30-22-12-19(7-8-23(22)32(25)14-20-9-10-36-16-20)13-29-24(18(2)33)27(35)37-28(3,4)5/h7-8,11-12,15,18,20,24,29,33H,9-10,13-14,16H2,1-6H3. The Labute approximate surface area is 217 Å². The Kier molecular flexibility index (Phi) is 7.87. The summed E-state index contributed by atoms with van der Waals surface area (Å²) in [5.41, 5.74) is 3.63. The van der Waals surface area contributed by atoms with E-state index in [4.69, 9.17) is 14.5 Å². The summed E-state index contributed by atoms with van der Waals surface area (Å²) in [6, 6.07) is 7.08. The summed E-state index contributed by atoms with van der Waals surface area (Å²) in [5.74, 6) is 0.715. The molecule has 1 aliphatic rings. The number of hydrogen-bond acceptors (Lipinski definition) is 7. The predicted molar refractivity (Wildman–Crippen MR) is 142 cm³/mol. The van der Waals surface area contributed by atoms with Crippen molar-refractivity contribution in [3.05, 3.63) is 51.9 Å². The van der Waals surface area contributed by atoms with Gasteiger partial charge in [-0.25, -0.2) is 4.98 Å². The summed E-state index contributed by atoms with van der Waals surface area (Å²) in [7, 11) is 1.75. The monoisotopic (exact) mass is 510 g/mol. The molecule has 37 heavy (non-hydrogen) atoms. The number of carbonyl (C=O) groups excluding carboxylic acids is 1. The van der Waals surface area contributed by atoms with Crippen LogP contribution >= 0.6 is 0 Å². The lowest BCUT2D eigenvalue weighted by Crippen LogP contribution is -2.47. The second-order valence-electron chi connectivity index (χ2n) is 11.1. The SMILES string of the molecule is Cc1cc(-c2nc3cc(CNC(C(=O)OC(C)(C)C)C(C)O)ccc3n2CC2CCOC2)cn(C)c1=O. The Morgan fingerprint density at radius 3 is 2.70 bits per heavy atom. The van der Waals surface area contributed by atoms with Gasteiger partial charge in [0.25, 0.3) is 5.56 Å². The molecule has 3 heterocycles. The van der Waals surface area contributed by atoms with Gasteiger partial charge in [0, 0.05) is 50.0 Å². The predicted octanol–water partition coefficient (Wildman–Crippen LogP) is 2.93. The van der Waals surface area contributed by atoms with Gasteiger partial charge in [-0.15, -0.1) is 0 Å². The lowest BCUT2D eigenvalue weighted by Gasteiger charge is -2.26. The Morgan fingerprint density at radius 2 is 2.08 bits per heavy atom. The van der Waals surface area contributed by atoms with E-state index >= 15 is 0 Å². The molecule has 9 heteroatoms. The van der Waals surface area contributed by atoms with Crippen LogP contribution in [0.5, 0.6) is 0 Å². The number of nitrogens with zero attached hydrogens (tertiary/aromatic N) is 3. The number of carbonyl (C=O) groups is 1. The largest absolute Gasteiger partial charge is 0.459 e. The molecule has 200 valence electrons. The lowest BCUT2D eigenvalue weighted by atomic mass is 10.1. The van der Waals surface area contributed by atoms with E-state index < -0.39 is 23.7 Å². The normalized spacial score (nSPS) is 17.8. The molecule has 1 saturated heterocycles. The number of hydrogen-bond donors (Lipinski definition) is 2. The molecule has 1 aromatic carbocycles. The first kappa shape index (κ1) is 27.0. The van der Waals surface area contributed by atoms with Crippen molar-refractivity contribution in [2.24, 2.45) is 13.0 Å². The molecule has 2 N–H and O–H groups in total. The molecule has 0 saturated carbocycles. The highest BCUT2D eigenvalue weighted by molar-refractivity contribution is 5.81. The van der Waals surface area contributed by atoms with E-state index in [9.17, 15) is 14.7 Å². The van der Waals surface area contributed by atoms with Crippen LogP contribution in [-0.2, 0) is 34.4 Å². The summed E-state index contributed by atoms with van der Waals surface area (Å²) < 4.78 is 14.9. The van der Waals surface area contributed by atoms with Gasteiger partial charge in [0.1, 0.15) is 17.5 Å². The highest BCUT2D eigenvalue weighted by Gasteiger charge is 2.28. The third kappa shape index (κ3) is 6.29. The fourth-order valence-corrected chi connectivity index (χ4v) is 4.72. The van der Waals surface area contributed by atoms with Crippen LogP contribution in [0.25, 0.3) is 22.4 Å². The Balaban J connectivity index is 1.66. The first-order chi connectivity index (χ1) is 17.4. The van der Waals surface area contributed by atoms with Gasteiger partial charge in [-0.3, -0.25) is 14.9 Å². The lowest BCUT2D eigenvalue weighted by molar-refractivity contribution is -0.160. The molecular weight excluding hydrogens is 472 g/mol. The third-order valence-corrected chi connectivity index (χ3v) is 6.57. The second kappa shape index (κ2) is 10.8. The fraction of sp³-hybridized carbons (Fsp3) is 0.536. The average molecular weight is 511 g/mol. The molecule has 4 rings (SSSR count). The highest BCUT2D eigenvalue weighted by atomic mass is 16.6. The van der Waals surface area contributed by atoms with Gasteiger partial charge in [0.2, 0.25) is 0 Å². The molecule has 9 nitrogen and oxygen atoms in total. The smallest absolute Gasteiger partial charge is 0.326 e. The third-order valence-electron chi connectivity index (χ3n) is 6.57. The minimum absolute atomic E-state index is 0.0263. The number of nitrogens with one attached hydrogen (secondary N) is 1. The quantitative estimate of drug-likeness (QED) is 0.449. The second-order valence-corrected chi connectivity index (χ2v) is 11.1. The van der Waals surface area contributed by atoms with Crippen LogP contribution in [0.15, 0.2) is 35.3 Å². The molecule has 0 bridgehead atoms. The number of esters is 1. The van der Waals surface area contributed by atoms with Gasteiger partial charge in [-0.2, -0.15) is 0 Å². The maximum Gasteiger partial charge on any atom is 0.326 e. The zero-order chi connectivity index (χ0) is 26.9. The molecule has 3 unspecified atom stereocenters. The number of aliphatic hydroxyl groups is 1. The number of ether oxygens (including phenoxy) is 2. The molecule has 3 atom stereocenters. The van der Waals surface area contributed by atoms with Crippen molar-refractivity contribution in [2.45, 2.75) is 71.9 Å². The Hall–Kier alpha value is -3.01. The summed E-state index contributed by atoms with van der Waals surface area (Å²) >= 11 is 0. The van der Waals surface area contributed by atoms with Crippen molar-refractivity contribution in [1.82, 2.24) is 19.4 Å². The summed E-state index contributed by atoms with van der Waals surface area (Å²) in [4.78, 5) is 29.9. The highest BCUT2D eigenvalue weighted by Crippen LogP contribution is 2.28. The minimum atomic E-state index is -0.911. The van der Waals surface area contributed by atoms with E-state index in [0.717, 1.165) is 54.2 Å². The topological polar surface area (TPSA) is 108 Å². The molecule has 0 spiro atoms. The van der Waals surface area contributed by atoms with E-state index in [1.165, 1.54) is 0 Å². The number of aliphatic hydroxyl groups excluding tert-OH is 1. The van der Waals surface area contributed by atoms with E-state index in [0.29, 0.717) is 18.0 Å². The Morgan fingerprint density at radius 1 is 1.32 bits per heavy atom. The summed E-state index contributed by atoms with van der Waals surface area (Å²) in [6.45, 7) is 11.4. The number of fused-ring (bicyclic) bond motifs is 1. The molecule has 1 fully saturated rings. The van der Waals surface area contributed by atoms with Crippen molar-refractivity contribution < 1.29 is 19.4 Å². The number of benzene rings is 1. The van der Waals surface area contributed by atoms with Gasteiger partial charge >= 0.3 is 5.97 Å². The van der Waals surface area contributed by atoms with E-state index in [2.05, 4.69) is 9.88 Å². The molecule has 3 aromatic rings. The fourth-order valence-electron chi connectivity index (χ4n) is 4.72. The molecule has 0 aliphatic carbocycles. The van der Waals surface area contributed by atoms with E-state index in [-0.39, 0.29) is 5.56 Å². The number of aromatic nitrogens is 3. The van der Waals surface area contributed by atoms with Gasteiger partial charge in [0.15, 0.2) is 0 Å². The number of aryl methyl sites for hydroxylation is 2. The number of imidazole rings is 1. The van der Waals surface area contributed by atoms with Crippen molar-refractivity contribution in [2.75, 3.05) is 13.2 Å². The van der Waals surface area contributed by atoms with Crippen molar-refractivity contribution in [3.8, 4) is 11.4 Å². The zero-order valence-corrected chi connectivity index (χ0v) is 22.6. The van der Waals surface area contributed by atoms with Crippen LogP contribution in [0.3, 0.4) is 0 Å².